The second-order valence-corrected chi connectivity index (χ2v) is 22.0. The number of halogens is 3. The molecule has 0 bridgehead atoms. The molecule has 6 aliphatic rings. The number of phenols is 1. The summed E-state index contributed by atoms with van der Waals surface area (Å²) in [6.07, 6.45) is 8.66. The highest BCUT2D eigenvalue weighted by molar-refractivity contribution is 6.02. The first-order valence-corrected chi connectivity index (χ1v) is 26.9. The average Bonchev–Trinajstić information content (AvgIpc) is 3.99. The van der Waals surface area contributed by atoms with Crippen LogP contribution in [0.15, 0.2) is 48.7 Å². The number of aromatic nitrogens is 3. The van der Waals surface area contributed by atoms with Crippen LogP contribution in [0.25, 0.3) is 32.9 Å². The summed E-state index contributed by atoms with van der Waals surface area (Å²) in [5.74, 6) is -2.02. The lowest BCUT2D eigenvalue weighted by molar-refractivity contribution is -0.134. The zero-order valence-corrected chi connectivity index (χ0v) is 42.8. The molecule has 0 aliphatic carbocycles. The van der Waals surface area contributed by atoms with E-state index < -0.39 is 23.2 Å². The van der Waals surface area contributed by atoms with Crippen LogP contribution in [0, 0.1) is 23.4 Å². The fourth-order valence-electron chi connectivity index (χ4n) is 13.0. The van der Waals surface area contributed by atoms with Crippen LogP contribution in [0.5, 0.6) is 11.8 Å². The summed E-state index contributed by atoms with van der Waals surface area (Å²) in [5, 5.41) is 25.6. The van der Waals surface area contributed by atoms with Crippen molar-refractivity contribution in [2.24, 2.45) is 5.92 Å². The Morgan fingerprint density at radius 1 is 0.880 bits per heavy atom. The maximum Gasteiger partial charge on any atom is 0.409 e. The number of aliphatic hydroxyl groups is 1. The van der Waals surface area contributed by atoms with E-state index in [1.807, 2.05) is 11.8 Å². The normalized spacial score (nSPS) is 25.1. The number of imide groups is 1. The third-order valence-electron chi connectivity index (χ3n) is 17.0. The second-order valence-electron chi connectivity index (χ2n) is 22.0. The molecule has 0 spiro atoms. The highest BCUT2D eigenvalue weighted by Crippen LogP contribution is 2.44. The largest absolute Gasteiger partial charge is 0.508 e. The van der Waals surface area contributed by atoms with Gasteiger partial charge in [0.25, 0.3) is 0 Å². The van der Waals surface area contributed by atoms with Crippen LogP contribution in [0.3, 0.4) is 0 Å². The number of carbonyl (C=O) groups excluding carboxylic acids is 3. The molecule has 16 nitrogen and oxygen atoms in total. The van der Waals surface area contributed by atoms with Gasteiger partial charge in [-0.3, -0.25) is 29.7 Å². The van der Waals surface area contributed by atoms with Crippen molar-refractivity contribution in [3.8, 4) is 23.0 Å². The molecular formula is C56H66F3N9O7. The molecule has 6 aliphatic heterocycles. The summed E-state index contributed by atoms with van der Waals surface area (Å²) in [6.45, 7) is 10.7. The molecule has 6 saturated heterocycles. The number of hydrogen-bond donors (Lipinski definition) is 3. The first-order chi connectivity index (χ1) is 36.2. The van der Waals surface area contributed by atoms with Crippen molar-refractivity contribution in [2.45, 2.75) is 108 Å². The fraction of sp³-hybridized carbons (Fsp3) is 0.536. The number of nitrogens with one attached hydrogen (secondary N) is 1. The Balaban J connectivity index is 0.708. The van der Waals surface area contributed by atoms with Gasteiger partial charge in [-0.25, -0.2) is 18.0 Å². The van der Waals surface area contributed by atoms with Gasteiger partial charge >= 0.3 is 12.1 Å². The number of benzene rings is 3. The molecule has 6 fully saturated rings. The van der Waals surface area contributed by atoms with E-state index in [2.05, 4.69) is 30.0 Å². The first kappa shape index (κ1) is 50.8. The predicted molar refractivity (Wildman–Crippen MR) is 276 cm³/mol. The number of ether oxygens (including phenoxy) is 2. The summed E-state index contributed by atoms with van der Waals surface area (Å²) in [6, 6.07) is 10.8. The number of nitrogens with zero attached hydrogens (tertiary/aromatic N) is 8. The van der Waals surface area contributed by atoms with Crippen molar-refractivity contribution >= 4 is 51.1 Å². The zero-order chi connectivity index (χ0) is 52.2. The molecule has 75 heavy (non-hydrogen) atoms. The number of hydrogen-bond acceptors (Lipinski definition) is 14. The van der Waals surface area contributed by atoms with Crippen molar-refractivity contribution in [3.63, 3.8) is 0 Å². The topological polar surface area (TPSA) is 177 Å². The van der Waals surface area contributed by atoms with Crippen LogP contribution in [-0.4, -0.2) is 154 Å². The van der Waals surface area contributed by atoms with E-state index in [0.29, 0.717) is 90.0 Å². The van der Waals surface area contributed by atoms with Crippen molar-refractivity contribution in [3.05, 3.63) is 77.2 Å². The standard InChI is InChI=1S/C56H66F3N9O7/c1-3-39-43(57)9-6-36-26-38(69)28-41(47(36)39)49-48(59)50-42(29-60-49)51(67-18-4-15-55(2,73)32-67)63-53(62-50)75-33-56-16-5-19-68(56)37(12-17-56)31-74-54(72)66-24-22-64(23-25-66)30-34-13-20-65(21-14-34)45-10-7-35(27-44(45)58)40-8-11-46(70)61-52(40)71/h6-7,9-10,26-29,34,37,40,69,73H,3-5,8,11-25,30-33H2,1-2H3,(H,61,70,71)/t37-,40?,55-,56?/m1/s1. The number of aromatic hydroxyl groups is 1. The number of pyridine rings is 1. The number of piperazine rings is 1. The lowest BCUT2D eigenvalue weighted by Gasteiger charge is -2.39. The summed E-state index contributed by atoms with van der Waals surface area (Å²) >= 11 is 0. The smallest absolute Gasteiger partial charge is 0.409 e. The Bertz CT molecular complexity index is 3020. The monoisotopic (exact) mass is 1030 g/mol. The van der Waals surface area contributed by atoms with Crippen LogP contribution in [0.2, 0.25) is 0 Å². The van der Waals surface area contributed by atoms with Crippen molar-refractivity contribution < 1.29 is 47.2 Å². The molecule has 3 amide bonds. The number of carbonyl (C=O) groups is 3. The quantitative estimate of drug-likeness (QED) is 0.105. The van der Waals surface area contributed by atoms with Gasteiger partial charge in [-0.05, 0) is 136 Å². The molecular weight excluding hydrogens is 968 g/mol. The third-order valence-corrected chi connectivity index (χ3v) is 17.0. The number of anilines is 2. The second kappa shape index (κ2) is 20.7. The molecule has 8 heterocycles. The van der Waals surface area contributed by atoms with Crippen LogP contribution < -0.4 is 19.9 Å². The predicted octanol–water partition coefficient (Wildman–Crippen LogP) is 7.45. The van der Waals surface area contributed by atoms with Crippen LogP contribution >= 0.6 is 0 Å². The maximum atomic E-state index is 17.2. The van der Waals surface area contributed by atoms with Gasteiger partial charge in [-0.15, -0.1) is 0 Å². The van der Waals surface area contributed by atoms with Gasteiger partial charge in [-0.1, -0.05) is 19.1 Å². The Labute approximate surface area is 434 Å². The van der Waals surface area contributed by atoms with Gasteiger partial charge in [0.15, 0.2) is 5.82 Å². The molecule has 2 aromatic heterocycles. The Hall–Kier alpha value is -6.31. The Morgan fingerprint density at radius 2 is 1.68 bits per heavy atom. The van der Waals surface area contributed by atoms with Gasteiger partial charge in [0, 0.05) is 83.1 Å². The van der Waals surface area contributed by atoms with Gasteiger partial charge in [-0.2, -0.15) is 9.97 Å². The number of aryl methyl sites for hydroxylation is 1. The molecule has 398 valence electrons. The number of β-amino-alcohol motifs (C(OH)–C–C–N with tert-alkyl or cyclic N) is 1. The van der Waals surface area contributed by atoms with E-state index >= 15 is 13.2 Å². The molecule has 4 atom stereocenters. The van der Waals surface area contributed by atoms with Crippen molar-refractivity contribution in [1.82, 2.24) is 35.0 Å². The number of phenolic OH excluding ortho intramolecular Hbond substituents is 1. The van der Waals surface area contributed by atoms with Crippen molar-refractivity contribution in [2.75, 3.05) is 88.5 Å². The SMILES string of the molecule is CCc1c(F)ccc2cc(O)cc(-c3ncc4c(N5CCC[C@@](C)(O)C5)nc(OCC56CCCN5[C@@H](COC(=O)N5CCN(CC7CCN(c8ccc(C9CCC(=O)NC9=O)cc8F)CC7)CC5)CC6)nc4c3F)c12. The Kier molecular flexibility index (Phi) is 14.0. The zero-order valence-electron chi connectivity index (χ0n) is 42.8. The number of amides is 3. The Morgan fingerprint density at radius 3 is 2.44 bits per heavy atom. The van der Waals surface area contributed by atoms with Gasteiger partial charge < -0.3 is 34.4 Å². The summed E-state index contributed by atoms with van der Waals surface area (Å²) in [4.78, 5) is 62.2. The highest BCUT2D eigenvalue weighted by atomic mass is 19.1. The van der Waals surface area contributed by atoms with Gasteiger partial charge in [0.05, 0.1) is 28.1 Å². The summed E-state index contributed by atoms with van der Waals surface area (Å²) in [5.41, 5.74) is 0.237. The minimum Gasteiger partial charge on any atom is -0.508 e. The number of rotatable bonds is 12. The van der Waals surface area contributed by atoms with Crippen LogP contribution in [0.1, 0.15) is 95.1 Å². The van der Waals surface area contributed by atoms with E-state index in [0.717, 1.165) is 77.8 Å². The van der Waals surface area contributed by atoms with E-state index in [-0.39, 0.29) is 90.0 Å². The summed E-state index contributed by atoms with van der Waals surface area (Å²) in [7, 11) is 0. The molecule has 3 N–H and O–H groups in total. The van der Waals surface area contributed by atoms with Gasteiger partial charge in [0.1, 0.15) is 47.6 Å². The van der Waals surface area contributed by atoms with Crippen molar-refractivity contribution in [1.29, 1.82) is 0 Å². The lowest BCUT2D eigenvalue weighted by Crippen LogP contribution is -2.51. The first-order valence-electron chi connectivity index (χ1n) is 26.9. The van der Waals surface area contributed by atoms with E-state index in [1.165, 1.54) is 30.5 Å². The fourth-order valence-corrected chi connectivity index (χ4v) is 13.0. The number of piperidine rings is 3. The maximum absolute atomic E-state index is 17.2. The van der Waals surface area contributed by atoms with Crippen LogP contribution in [-0.2, 0) is 20.7 Å². The molecule has 5 aromatic rings. The van der Waals surface area contributed by atoms with Gasteiger partial charge in [0.2, 0.25) is 11.8 Å². The molecule has 2 unspecified atom stereocenters. The third kappa shape index (κ3) is 10.1. The average molecular weight is 1030 g/mol. The lowest BCUT2D eigenvalue weighted by atomic mass is 9.90. The van der Waals surface area contributed by atoms with E-state index in [4.69, 9.17) is 14.5 Å². The minimum atomic E-state index is -1.01. The summed E-state index contributed by atoms with van der Waals surface area (Å²) < 4.78 is 60.4. The molecule has 3 aromatic carbocycles. The number of fused-ring (bicyclic) bond motifs is 3. The molecule has 0 saturated carbocycles. The molecule has 11 rings (SSSR count). The minimum absolute atomic E-state index is 0.00587. The van der Waals surface area contributed by atoms with E-state index in [9.17, 15) is 24.6 Å². The highest BCUT2D eigenvalue weighted by Gasteiger charge is 2.50. The van der Waals surface area contributed by atoms with E-state index in [1.54, 1.807) is 30.0 Å². The molecule has 0 radical (unpaired) electrons. The molecule has 19 heteroatoms. The van der Waals surface area contributed by atoms with Crippen LogP contribution in [0.4, 0.5) is 29.5 Å².